The molecule has 0 bridgehead atoms. The topological polar surface area (TPSA) is 38.5 Å². The number of nitrogen functional groups attached to an aromatic ring is 1. The fourth-order valence-electron chi connectivity index (χ4n) is 1.93. The Morgan fingerprint density at radius 3 is 2.26 bits per heavy atom. The van der Waals surface area contributed by atoms with Gasteiger partial charge < -0.3 is 15.4 Å². The van der Waals surface area contributed by atoms with Crippen molar-refractivity contribution < 1.29 is 4.74 Å². The maximum absolute atomic E-state index is 6.23. The summed E-state index contributed by atoms with van der Waals surface area (Å²) in [4.78, 5) is 1.88. The molecule has 2 N–H and O–H groups in total. The lowest BCUT2D eigenvalue weighted by molar-refractivity contribution is 0.415. The van der Waals surface area contributed by atoms with Gasteiger partial charge in [-0.15, -0.1) is 0 Å². The van der Waals surface area contributed by atoms with Crippen LogP contribution in [-0.4, -0.2) is 14.2 Å². The van der Waals surface area contributed by atoms with Crippen LogP contribution in [0.25, 0.3) is 0 Å². The third kappa shape index (κ3) is 2.72. The summed E-state index contributed by atoms with van der Waals surface area (Å²) in [6.07, 6.45) is 0. The Balaban J connectivity index is 2.53. The molecule has 5 heteroatoms. The first-order valence-corrected chi connectivity index (χ1v) is 6.41. The highest BCUT2D eigenvalue weighted by molar-refractivity contribution is 6.39. The summed E-state index contributed by atoms with van der Waals surface area (Å²) in [5, 5.41) is 0.997. The van der Waals surface area contributed by atoms with Crippen LogP contribution in [0.5, 0.6) is 5.75 Å². The molecule has 0 atom stereocenters. The molecular formula is C14H14Cl2N2O. The zero-order valence-corrected chi connectivity index (χ0v) is 12.2. The van der Waals surface area contributed by atoms with E-state index < -0.39 is 0 Å². The Kier molecular flexibility index (Phi) is 4.08. The minimum atomic E-state index is 0.499. The predicted molar refractivity (Wildman–Crippen MR) is 81.9 cm³/mol. The fraction of sp³-hybridized carbons (Fsp3) is 0.143. The summed E-state index contributed by atoms with van der Waals surface area (Å²) in [6, 6.07) is 11.0. The summed E-state index contributed by atoms with van der Waals surface area (Å²) in [7, 11) is 3.50. The number of methoxy groups -OCH3 is 1. The van der Waals surface area contributed by atoms with E-state index in [1.165, 1.54) is 0 Å². The summed E-state index contributed by atoms with van der Waals surface area (Å²) < 4.78 is 5.34. The quantitative estimate of drug-likeness (QED) is 0.856. The smallest absolute Gasteiger partial charge is 0.142 e. The normalized spacial score (nSPS) is 10.3. The molecule has 2 aromatic rings. The lowest BCUT2D eigenvalue weighted by Crippen LogP contribution is -2.12. The molecule has 0 fully saturated rings. The zero-order valence-electron chi connectivity index (χ0n) is 10.7. The van der Waals surface area contributed by atoms with Crippen LogP contribution in [0.4, 0.5) is 17.1 Å². The van der Waals surface area contributed by atoms with Crippen molar-refractivity contribution >= 4 is 40.3 Å². The molecule has 0 unspecified atom stereocenters. The highest BCUT2D eigenvalue weighted by atomic mass is 35.5. The maximum Gasteiger partial charge on any atom is 0.142 e. The largest absolute Gasteiger partial charge is 0.495 e. The van der Waals surface area contributed by atoms with Crippen molar-refractivity contribution in [1.82, 2.24) is 0 Å². The Hall–Kier alpha value is -1.58. The second-order valence-corrected chi connectivity index (χ2v) is 4.88. The number of halogens is 2. The number of ether oxygens (including phenoxy) is 1. The standard InChI is InChI=1S/C14H14Cl2N2O/c1-18(12-5-3-4-6-13(12)19-2)14-10(15)7-9(17)8-11(14)16/h3-8H,17H2,1-2H3. The molecule has 0 amide bonds. The lowest BCUT2D eigenvalue weighted by Gasteiger charge is -2.24. The van der Waals surface area contributed by atoms with Gasteiger partial charge >= 0.3 is 0 Å². The SMILES string of the molecule is COc1ccccc1N(C)c1c(Cl)cc(N)cc1Cl. The number of rotatable bonds is 3. The molecule has 2 rings (SSSR count). The van der Waals surface area contributed by atoms with Gasteiger partial charge in [0.05, 0.1) is 28.5 Å². The number of hydrogen-bond donors (Lipinski definition) is 1. The van der Waals surface area contributed by atoms with E-state index in [1.807, 2.05) is 36.2 Å². The predicted octanol–water partition coefficient (Wildman–Crippen LogP) is 4.35. The van der Waals surface area contributed by atoms with Gasteiger partial charge in [0.2, 0.25) is 0 Å². The van der Waals surface area contributed by atoms with Crippen molar-refractivity contribution in [2.24, 2.45) is 0 Å². The molecule has 100 valence electrons. The number of nitrogens with zero attached hydrogens (tertiary/aromatic N) is 1. The van der Waals surface area contributed by atoms with E-state index in [0.29, 0.717) is 21.4 Å². The maximum atomic E-state index is 6.23. The van der Waals surface area contributed by atoms with E-state index in [0.717, 1.165) is 11.4 Å². The van der Waals surface area contributed by atoms with Crippen LogP contribution in [0, 0.1) is 0 Å². The van der Waals surface area contributed by atoms with Gasteiger partial charge in [0.15, 0.2) is 0 Å². The third-order valence-corrected chi connectivity index (χ3v) is 3.40. The molecule has 0 aliphatic heterocycles. The van der Waals surface area contributed by atoms with Gasteiger partial charge in [-0.25, -0.2) is 0 Å². The first-order valence-electron chi connectivity index (χ1n) is 5.66. The van der Waals surface area contributed by atoms with E-state index in [9.17, 15) is 0 Å². The van der Waals surface area contributed by atoms with Crippen molar-refractivity contribution in [2.45, 2.75) is 0 Å². The summed E-state index contributed by atoms with van der Waals surface area (Å²) >= 11 is 12.5. The second kappa shape index (κ2) is 5.59. The van der Waals surface area contributed by atoms with Crippen molar-refractivity contribution in [1.29, 1.82) is 0 Å². The van der Waals surface area contributed by atoms with Crippen LogP contribution in [0.15, 0.2) is 36.4 Å². The van der Waals surface area contributed by atoms with Crippen LogP contribution in [0.2, 0.25) is 10.0 Å². The van der Waals surface area contributed by atoms with Gasteiger partial charge in [0.1, 0.15) is 5.75 Å². The summed E-state index contributed by atoms with van der Waals surface area (Å²) in [5.41, 5.74) is 7.82. The van der Waals surface area contributed by atoms with Crippen LogP contribution >= 0.6 is 23.2 Å². The van der Waals surface area contributed by atoms with Crippen molar-refractivity contribution in [3.8, 4) is 5.75 Å². The molecular weight excluding hydrogens is 283 g/mol. The van der Waals surface area contributed by atoms with Crippen molar-refractivity contribution in [3.05, 3.63) is 46.4 Å². The number of para-hydroxylation sites is 2. The molecule has 0 heterocycles. The van der Waals surface area contributed by atoms with E-state index >= 15 is 0 Å². The fourth-order valence-corrected chi connectivity index (χ4v) is 2.69. The highest BCUT2D eigenvalue weighted by Gasteiger charge is 2.16. The first kappa shape index (κ1) is 13.8. The third-order valence-electron chi connectivity index (χ3n) is 2.82. The molecule has 0 saturated carbocycles. The Labute approximate surface area is 122 Å². The highest BCUT2D eigenvalue weighted by Crippen LogP contribution is 2.41. The van der Waals surface area contributed by atoms with E-state index in [-0.39, 0.29) is 0 Å². The van der Waals surface area contributed by atoms with Crippen LogP contribution in [0.3, 0.4) is 0 Å². The summed E-state index contributed by atoms with van der Waals surface area (Å²) in [5.74, 6) is 0.744. The van der Waals surface area contributed by atoms with Crippen molar-refractivity contribution in [2.75, 3.05) is 24.8 Å². The minimum Gasteiger partial charge on any atom is -0.495 e. The number of nitrogens with two attached hydrogens (primary N) is 1. The lowest BCUT2D eigenvalue weighted by atomic mass is 10.2. The first-order chi connectivity index (χ1) is 9.04. The van der Waals surface area contributed by atoms with Crippen LogP contribution < -0.4 is 15.4 Å². The molecule has 2 aromatic carbocycles. The average molecular weight is 297 g/mol. The van der Waals surface area contributed by atoms with E-state index in [4.69, 9.17) is 33.7 Å². The Bertz CT molecular complexity index is 579. The molecule has 0 aliphatic carbocycles. The van der Waals surface area contributed by atoms with E-state index in [1.54, 1.807) is 19.2 Å². The van der Waals surface area contributed by atoms with Crippen LogP contribution in [0.1, 0.15) is 0 Å². The van der Waals surface area contributed by atoms with Gasteiger partial charge in [-0.3, -0.25) is 0 Å². The molecule has 19 heavy (non-hydrogen) atoms. The van der Waals surface area contributed by atoms with Gasteiger partial charge in [0.25, 0.3) is 0 Å². The number of benzene rings is 2. The molecule has 0 spiro atoms. The molecule has 0 radical (unpaired) electrons. The average Bonchev–Trinajstić information content (AvgIpc) is 2.37. The number of hydrogen-bond acceptors (Lipinski definition) is 3. The molecule has 0 aliphatic rings. The Morgan fingerprint density at radius 1 is 1.11 bits per heavy atom. The van der Waals surface area contributed by atoms with Gasteiger partial charge in [0, 0.05) is 12.7 Å². The molecule has 3 nitrogen and oxygen atoms in total. The monoisotopic (exact) mass is 296 g/mol. The molecule has 0 saturated heterocycles. The van der Waals surface area contributed by atoms with Crippen LogP contribution in [-0.2, 0) is 0 Å². The van der Waals surface area contributed by atoms with Gasteiger partial charge in [-0.1, -0.05) is 35.3 Å². The van der Waals surface area contributed by atoms with Gasteiger partial charge in [-0.2, -0.15) is 0 Å². The molecule has 0 aromatic heterocycles. The Morgan fingerprint density at radius 2 is 1.68 bits per heavy atom. The second-order valence-electron chi connectivity index (χ2n) is 4.06. The summed E-state index contributed by atoms with van der Waals surface area (Å²) in [6.45, 7) is 0. The van der Waals surface area contributed by atoms with Gasteiger partial charge in [-0.05, 0) is 24.3 Å². The minimum absolute atomic E-state index is 0.499. The van der Waals surface area contributed by atoms with Crippen molar-refractivity contribution in [3.63, 3.8) is 0 Å². The number of anilines is 3. The zero-order chi connectivity index (χ0) is 14.0. The van der Waals surface area contributed by atoms with E-state index in [2.05, 4.69) is 0 Å².